The highest BCUT2D eigenvalue weighted by molar-refractivity contribution is 9.10. The molecule has 0 radical (unpaired) electrons. The minimum Gasteiger partial charge on any atom is -0.267 e. The van der Waals surface area contributed by atoms with Crippen LogP contribution >= 0.6 is 27.3 Å². The fourth-order valence-electron chi connectivity index (χ4n) is 1.54. The van der Waals surface area contributed by atoms with Crippen LogP contribution in [0.2, 0.25) is 0 Å². The standard InChI is InChI=1S/C10H11BrN2S/c1-3-9-7(4-5-14-9)10-8(11)6-12-13(10)2/h4-6H,3H2,1-2H3. The van der Waals surface area contributed by atoms with E-state index in [1.165, 1.54) is 16.1 Å². The quantitative estimate of drug-likeness (QED) is 0.817. The zero-order valence-electron chi connectivity index (χ0n) is 8.12. The van der Waals surface area contributed by atoms with Gasteiger partial charge in [0, 0.05) is 17.5 Å². The molecule has 2 nitrogen and oxygen atoms in total. The molecule has 0 aliphatic carbocycles. The second-order valence-corrected chi connectivity index (χ2v) is 4.93. The zero-order chi connectivity index (χ0) is 10.1. The first-order valence-electron chi connectivity index (χ1n) is 4.48. The summed E-state index contributed by atoms with van der Waals surface area (Å²) in [6.45, 7) is 2.18. The van der Waals surface area contributed by atoms with Crippen molar-refractivity contribution in [2.75, 3.05) is 0 Å². The van der Waals surface area contributed by atoms with Gasteiger partial charge >= 0.3 is 0 Å². The second kappa shape index (κ2) is 3.87. The van der Waals surface area contributed by atoms with Gasteiger partial charge < -0.3 is 0 Å². The Bertz CT molecular complexity index is 425. The number of rotatable bonds is 2. The van der Waals surface area contributed by atoms with Crippen molar-refractivity contribution in [1.29, 1.82) is 0 Å². The molecule has 2 aromatic rings. The van der Waals surface area contributed by atoms with Gasteiger partial charge in [-0.1, -0.05) is 6.92 Å². The van der Waals surface area contributed by atoms with Crippen molar-refractivity contribution in [3.05, 3.63) is 27.0 Å². The average molecular weight is 271 g/mol. The van der Waals surface area contributed by atoms with E-state index in [9.17, 15) is 0 Å². The minimum absolute atomic E-state index is 1.06. The van der Waals surface area contributed by atoms with E-state index in [4.69, 9.17) is 0 Å². The van der Waals surface area contributed by atoms with Gasteiger partial charge in [0.15, 0.2) is 0 Å². The average Bonchev–Trinajstić information content (AvgIpc) is 2.73. The van der Waals surface area contributed by atoms with Crippen molar-refractivity contribution >= 4 is 27.3 Å². The molecule has 0 bridgehead atoms. The first-order valence-corrected chi connectivity index (χ1v) is 6.15. The van der Waals surface area contributed by atoms with Crippen molar-refractivity contribution in [1.82, 2.24) is 9.78 Å². The van der Waals surface area contributed by atoms with Crippen molar-refractivity contribution in [3.8, 4) is 11.3 Å². The van der Waals surface area contributed by atoms with Crippen LogP contribution in [0, 0.1) is 0 Å². The monoisotopic (exact) mass is 270 g/mol. The van der Waals surface area contributed by atoms with E-state index in [0.717, 1.165) is 10.9 Å². The lowest BCUT2D eigenvalue weighted by atomic mass is 10.1. The third-order valence-electron chi connectivity index (χ3n) is 2.22. The Hall–Kier alpha value is -0.610. The van der Waals surface area contributed by atoms with Crippen LogP contribution < -0.4 is 0 Å². The number of nitrogens with zero attached hydrogens (tertiary/aromatic N) is 2. The van der Waals surface area contributed by atoms with E-state index in [2.05, 4.69) is 39.4 Å². The number of hydrogen-bond donors (Lipinski definition) is 0. The largest absolute Gasteiger partial charge is 0.267 e. The molecule has 74 valence electrons. The molecule has 0 aliphatic heterocycles. The van der Waals surface area contributed by atoms with Crippen LogP contribution in [0.4, 0.5) is 0 Å². The molecule has 0 spiro atoms. The number of aryl methyl sites for hydroxylation is 2. The molecule has 0 aromatic carbocycles. The highest BCUT2D eigenvalue weighted by Gasteiger charge is 2.12. The van der Waals surface area contributed by atoms with Gasteiger partial charge in [-0.2, -0.15) is 5.10 Å². The normalized spacial score (nSPS) is 10.8. The molecule has 0 fully saturated rings. The lowest BCUT2D eigenvalue weighted by Gasteiger charge is -2.03. The summed E-state index contributed by atoms with van der Waals surface area (Å²) in [7, 11) is 1.97. The maximum Gasteiger partial charge on any atom is 0.0832 e. The van der Waals surface area contributed by atoms with Crippen LogP contribution in [-0.4, -0.2) is 9.78 Å². The summed E-state index contributed by atoms with van der Waals surface area (Å²) < 4.78 is 2.97. The van der Waals surface area contributed by atoms with Gasteiger partial charge in [-0.3, -0.25) is 4.68 Å². The van der Waals surface area contributed by atoms with Gasteiger partial charge in [0.2, 0.25) is 0 Å². The third kappa shape index (κ3) is 1.53. The van der Waals surface area contributed by atoms with E-state index in [-0.39, 0.29) is 0 Å². The first-order chi connectivity index (χ1) is 6.74. The summed E-state index contributed by atoms with van der Waals surface area (Å²) in [6.07, 6.45) is 2.91. The van der Waals surface area contributed by atoms with Crippen LogP contribution in [0.5, 0.6) is 0 Å². The highest BCUT2D eigenvalue weighted by atomic mass is 79.9. The van der Waals surface area contributed by atoms with Gasteiger partial charge in [0.25, 0.3) is 0 Å². The molecule has 2 heterocycles. The lowest BCUT2D eigenvalue weighted by molar-refractivity contribution is 0.775. The SMILES string of the molecule is CCc1sccc1-c1c(Br)cnn1C. The molecule has 0 saturated carbocycles. The van der Waals surface area contributed by atoms with Gasteiger partial charge in [0.1, 0.15) is 0 Å². The predicted molar refractivity (Wildman–Crippen MR) is 63.6 cm³/mol. The van der Waals surface area contributed by atoms with Crippen LogP contribution in [-0.2, 0) is 13.5 Å². The van der Waals surface area contributed by atoms with Gasteiger partial charge in [-0.25, -0.2) is 0 Å². The summed E-state index contributed by atoms with van der Waals surface area (Å²) >= 11 is 5.33. The highest BCUT2D eigenvalue weighted by Crippen LogP contribution is 2.33. The van der Waals surface area contributed by atoms with Crippen molar-refractivity contribution < 1.29 is 0 Å². The van der Waals surface area contributed by atoms with Gasteiger partial charge in [-0.05, 0) is 33.8 Å². The molecule has 0 saturated heterocycles. The summed E-state index contributed by atoms with van der Waals surface area (Å²) in [5, 5.41) is 6.35. The topological polar surface area (TPSA) is 17.8 Å². The summed E-state index contributed by atoms with van der Waals surface area (Å²) in [4.78, 5) is 1.41. The number of aromatic nitrogens is 2. The van der Waals surface area contributed by atoms with E-state index >= 15 is 0 Å². The molecule has 4 heteroatoms. The minimum atomic E-state index is 1.06. The van der Waals surface area contributed by atoms with Crippen molar-refractivity contribution in [3.63, 3.8) is 0 Å². The summed E-state index contributed by atoms with van der Waals surface area (Å²) in [6, 6.07) is 2.16. The van der Waals surface area contributed by atoms with Crippen LogP contribution in [0.3, 0.4) is 0 Å². The molecular weight excluding hydrogens is 260 g/mol. The predicted octanol–water partition coefficient (Wildman–Crippen LogP) is 3.47. The smallest absolute Gasteiger partial charge is 0.0832 e. The Labute approximate surface area is 95.7 Å². The molecule has 2 rings (SSSR count). The molecule has 0 unspecified atom stereocenters. The summed E-state index contributed by atoms with van der Waals surface area (Å²) in [5.74, 6) is 0. The molecule has 2 aromatic heterocycles. The van der Waals surface area contributed by atoms with E-state index < -0.39 is 0 Å². The maximum atomic E-state index is 4.22. The number of hydrogen-bond acceptors (Lipinski definition) is 2. The Morgan fingerprint density at radius 3 is 2.93 bits per heavy atom. The third-order valence-corrected chi connectivity index (χ3v) is 3.86. The van der Waals surface area contributed by atoms with Crippen molar-refractivity contribution in [2.45, 2.75) is 13.3 Å². The Morgan fingerprint density at radius 2 is 2.36 bits per heavy atom. The van der Waals surface area contributed by atoms with Crippen LogP contribution in [0.25, 0.3) is 11.3 Å². The van der Waals surface area contributed by atoms with E-state index in [1.807, 2.05) is 17.9 Å². The van der Waals surface area contributed by atoms with Crippen molar-refractivity contribution in [2.24, 2.45) is 7.05 Å². The maximum absolute atomic E-state index is 4.22. The molecule has 0 aliphatic rings. The fraction of sp³-hybridized carbons (Fsp3) is 0.300. The lowest BCUT2D eigenvalue weighted by Crippen LogP contribution is -1.94. The Morgan fingerprint density at radius 1 is 1.57 bits per heavy atom. The summed E-state index contributed by atoms with van der Waals surface area (Å²) in [5.41, 5.74) is 2.47. The van der Waals surface area contributed by atoms with Gasteiger partial charge in [-0.15, -0.1) is 11.3 Å². The van der Waals surface area contributed by atoms with Gasteiger partial charge in [0.05, 0.1) is 16.4 Å². The zero-order valence-corrected chi connectivity index (χ0v) is 10.5. The first kappa shape index (κ1) is 9.93. The second-order valence-electron chi connectivity index (χ2n) is 3.08. The van der Waals surface area contributed by atoms with Crippen LogP contribution in [0.15, 0.2) is 22.1 Å². The van der Waals surface area contributed by atoms with E-state index in [0.29, 0.717) is 0 Å². The molecule has 0 amide bonds. The molecule has 0 atom stereocenters. The number of halogens is 1. The molecule has 14 heavy (non-hydrogen) atoms. The fourth-order valence-corrected chi connectivity index (χ4v) is 2.93. The number of thiophene rings is 1. The van der Waals surface area contributed by atoms with Crippen LogP contribution in [0.1, 0.15) is 11.8 Å². The van der Waals surface area contributed by atoms with E-state index in [1.54, 1.807) is 11.3 Å². The Balaban J connectivity index is 2.59. The molecular formula is C10H11BrN2S. The Kier molecular flexibility index (Phi) is 2.74. The molecule has 0 N–H and O–H groups in total.